The van der Waals surface area contributed by atoms with Gasteiger partial charge in [-0.25, -0.2) is 4.39 Å². The molecule has 4 nitrogen and oxygen atoms in total. The summed E-state index contributed by atoms with van der Waals surface area (Å²) < 4.78 is 13.2. The van der Waals surface area contributed by atoms with Crippen LogP contribution in [0.5, 0.6) is 0 Å². The molecule has 106 valence electrons. The maximum absolute atomic E-state index is 13.2. The third kappa shape index (κ3) is 3.94. The largest absolute Gasteiger partial charge is 0.376 e. The summed E-state index contributed by atoms with van der Waals surface area (Å²) in [6.07, 6.45) is 0. The summed E-state index contributed by atoms with van der Waals surface area (Å²) in [4.78, 5) is 11.8. The number of carbonyl (C=O) groups is 1. The molecule has 0 heterocycles. The van der Waals surface area contributed by atoms with E-state index in [9.17, 15) is 9.18 Å². The number of rotatable bonds is 4. The number of nitrogens with one attached hydrogen (secondary N) is 2. The highest BCUT2D eigenvalue weighted by Crippen LogP contribution is 2.20. The van der Waals surface area contributed by atoms with E-state index in [1.807, 2.05) is 0 Å². The second kappa shape index (κ2) is 6.73. The van der Waals surface area contributed by atoms with Crippen molar-refractivity contribution in [2.24, 2.45) is 0 Å². The Kier molecular flexibility index (Phi) is 4.75. The quantitative estimate of drug-likeness (QED) is 0.910. The van der Waals surface area contributed by atoms with Crippen LogP contribution in [0.4, 0.5) is 15.8 Å². The Bertz CT molecular complexity index is 712. The van der Waals surface area contributed by atoms with Crippen LogP contribution in [0.2, 0.25) is 5.02 Å². The first-order valence-electron chi connectivity index (χ1n) is 6.08. The molecule has 2 aromatic rings. The van der Waals surface area contributed by atoms with Gasteiger partial charge in [-0.15, -0.1) is 0 Å². The van der Waals surface area contributed by atoms with Gasteiger partial charge in [0.05, 0.1) is 22.8 Å². The smallest absolute Gasteiger partial charge is 0.243 e. The van der Waals surface area contributed by atoms with Gasteiger partial charge in [-0.1, -0.05) is 23.7 Å². The van der Waals surface area contributed by atoms with Crippen molar-refractivity contribution in [1.29, 1.82) is 5.26 Å². The van der Waals surface area contributed by atoms with Crippen LogP contribution in [0.3, 0.4) is 0 Å². The second-order valence-electron chi connectivity index (χ2n) is 4.19. The molecule has 2 N–H and O–H groups in total. The third-order valence-corrected chi connectivity index (χ3v) is 3.02. The van der Waals surface area contributed by atoms with Gasteiger partial charge in [0.15, 0.2) is 0 Å². The number of benzene rings is 2. The lowest BCUT2D eigenvalue weighted by Crippen LogP contribution is -2.21. The van der Waals surface area contributed by atoms with Gasteiger partial charge in [-0.05, 0) is 30.3 Å². The van der Waals surface area contributed by atoms with E-state index in [4.69, 9.17) is 16.9 Å². The first-order chi connectivity index (χ1) is 10.1. The van der Waals surface area contributed by atoms with Crippen molar-refractivity contribution in [3.05, 3.63) is 58.9 Å². The number of hydrogen-bond donors (Lipinski definition) is 2. The average molecular weight is 304 g/mol. The van der Waals surface area contributed by atoms with Crippen molar-refractivity contribution in [3.63, 3.8) is 0 Å². The van der Waals surface area contributed by atoms with Gasteiger partial charge in [0.25, 0.3) is 0 Å². The van der Waals surface area contributed by atoms with E-state index in [1.54, 1.807) is 30.3 Å². The number of hydrogen-bond acceptors (Lipinski definition) is 3. The SMILES string of the molecule is N#Cc1cc(NCC(=O)Nc2ccccc2Cl)ccc1F. The highest BCUT2D eigenvalue weighted by atomic mass is 35.5. The minimum Gasteiger partial charge on any atom is -0.376 e. The van der Waals surface area contributed by atoms with E-state index in [0.717, 1.165) is 0 Å². The van der Waals surface area contributed by atoms with Crippen LogP contribution < -0.4 is 10.6 Å². The molecule has 0 aliphatic rings. The van der Waals surface area contributed by atoms with Gasteiger partial charge >= 0.3 is 0 Å². The fourth-order valence-electron chi connectivity index (χ4n) is 1.66. The molecule has 2 rings (SSSR count). The summed E-state index contributed by atoms with van der Waals surface area (Å²) >= 11 is 5.93. The van der Waals surface area contributed by atoms with E-state index in [-0.39, 0.29) is 18.0 Å². The molecular formula is C15H11ClFN3O. The topological polar surface area (TPSA) is 64.9 Å². The molecule has 1 amide bonds. The minimum atomic E-state index is -0.594. The average Bonchev–Trinajstić information content (AvgIpc) is 2.49. The van der Waals surface area contributed by atoms with E-state index >= 15 is 0 Å². The maximum atomic E-state index is 13.2. The second-order valence-corrected chi connectivity index (χ2v) is 4.60. The molecule has 0 fully saturated rings. The lowest BCUT2D eigenvalue weighted by molar-refractivity contribution is -0.114. The van der Waals surface area contributed by atoms with Crippen molar-refractivity contribution in [3.8, 4) is 6.07 Å². The zero-order valence-corrected chi connectivity index (χ0v) is 11.6. The Balaban J connectivity index is 1.96. The fraction of sp³-hybridized carbons (Fsp3) is 0.0667. The first kappa shape index (κ1) is 14.8. The van der Waals surface area contributed by atoms with Crippen LogP contribution in [-0.4, -0.2) is 12.5 Å². The van der Waals surface area contributed by atoms with Crippen LogP contribution >= 0.6 is 11.6 Å². The first-order valence-corrected chi connectivity index (χ1v) is 6.46. The number of halogens is 2. The summed E-state index contributed by atoms with van der Waals surface area (Å²) in [5.41, 5.74) is 0.927. The predicted molar refractivity (Wildman–Crippen MR) is 79.7 cm³/mol. The zero-order valence-electron chi connectivity index (χ0n) is 10.9. The van der Waals surface area contributed by atoms with Gasteiger partial charge in [0.1, 0.15) is 11.9 Å². The van der Waals surface area contributed by atoms with Crippen LogP contribution in [-0.2, 0) is 4.79 Å². The highest BCUT2D eigenvalue weighted by molar-refractivity contribution is 6.33. The molecule has 0 spiro atoms. The van der Waals surface area contributed by atoms with E-state index < -0.39 is 5.82 Å². The van der Waals surface area contributed by atoms with Crippen LogP contribution in [0.15, 0.2) is 42.5 Å². The molecule has 0 saturated carbocycles. The molecule has 0 aromatic heterocycles. The number of nitrogens with zero attached hydrogens (tertiary/aromatic N) is 1. The van der Waals surface area contributed by atoms with E-state index in [2.05, 4.69) is 10.6 Å². The maximum Gasteiger partial charge on any atom is 0.243 e. The van der Waals surface area contributed by atoms with Crippen molar-refractivity contribution < 1.29 is 9.18 Å². The van der Waals surface area contributed by atoms with Gasteiger partial charge in [0, 0.05) is 5.69 Å². The standard InChI is InChI=1S/C15H11ClFN3O/c16-12-3-1-2-4-14(12)20-15(21)9-19-11-5-6-13(17)10(7-11)8-18/h1-7,19H,9H2,(H,20,21). The van der Waals surface area contributed by atoms with Crippen molar-refractivity contribution in [1.82, 2.24) is 0 Å². The van der Waals surface area contributed by atoms with Crippen LogP contribution in [0.25, 0.3) is 0 Å². The summed E-state index contributed by atoms with van der Waals surface area (Å²) in [5, 5.41) is 14.6. The van der Waals surface area contributed by atoms with Gasteiger partial charge in [-0.2, -0.15) is 5.26 Å². The van der Waals surface area contributed by atoms with Crippen LogP contribution in [0, 0.1) is 17.1 Å². The lowest BCUT2D eigenvalue weighted by Gasteiger charge is -2.09. The number of amides is 1. The molecular weight excluding hydrogens is 293 g/mol. The van der Waals surface area contributed by atoms with Gasteiger partial charge in [0.2, 0.25) is 5.91 Å². The Hall–Kier alpha value is -2.58. The number of anilines is 2. The Labute approximate surface area is 126 Å². The summed E-state index contributed by atoms with van der Waals surface area (Å²) in [7, 11) is 0. The van der Waals surface area contributed by atoms with Gasteiger partial charge < -0.3 is 10.6 Å². The van der Waals surface area contributed by atoms with E-state index in [1.165, 1.54) is 18.2 Å². The molecule has 6 heteroatoms. The summed E-state index contributed by atoms with van der Waals surface area (Å²) in [5.74, 6) is -0.894. The zero-order chi connectivity index (χ0) is 15.2. The number of para-hydroxylation sites is 1. The molecule has 2 aromatic carbocycles. The molecule has 0 unspecified atom stereocenters. The number of nitriles is 1. The Morgan fingerprint density at radius 1 is 1.29 bits per heavy atom. The van der Waals surface area contributed by atoms with Gasteiger partial charge in [-0.3, -0.25) is 4.79 Å². The lowest BCUT2D eigenvalue weighted by atomic mass is 10.2. The normalized spacial score (nSPS) is 9.76. The Morgan fingerprint density at radius 3 is 2.76 bits per heavy atom. The predicted octanol–water partition coefficient (Wildman–Crippen LogP) is 3.40. The van der Waals surface area contributed by atoms with Crippen molar-refractivity contribution in [2.75, 3.05) is 17.2 Å². The summed E-state index contributed by atoms with van der Waals surface area (Å²) in [6.45, 7) is -0.0261. The van der Waals surface area contributed by atoms with E-state index in [0.29, 0.717) is 16.4 Å². The minimum absolute atomic E-state index is 0.0261. The van der Waals surface area contributed by atoms with Crippen molar-refractivity contribution in [2.45, 2.75) is 0 Å². The monoisotopic (exact) mass is 303 g/mol. The van der Waals surface area contributed by atoms with Crippen molar-refractivity contribution >= 4 is 28.9 Å². The molecule has 0 atom stereocenters. The summed E-state index contributed by atoms with van der Waals surface area (Å²) in [6, 6.07) is 12.6. The molecule has 0 saturated heterocycles. The molecule has 0 bridgehead atoms. The molecule has 0 aliphatic heterocycles. The highest BCUT2D eigenvalue weighted by Gasteiger charge is 2.06. The molecule has 21 heavy (non-hydrogen) atoms. The number of carbonyl (C=O) groups excluding carboxylic acids is 1. The molecule has 0 aliphatic carbocycles. The third-order valence-electron chi connectivity index (χ3n) is 2.69. The molecule has 0 radical (unpaired) electrons. The fourth-order valence-corrected chi connectivity index (χ4v) is 1.84. The van der Waals surface area contributed by atoms with Crippen LogP contribution in [0.1, 0.15) is 5.56 Å². The Morgan fingerprint density at radius 2 is 2.05 bits per heavy atom.